The van der Waals surface area contributed by atoms with Crippen molar-refractivity contribution in [1.29, 1.82) is 5.41 Å². The SMILES string of the molecule is Cc1ccc(C(=N)N)c(OC2CCCCC2C)c1. The second kappa shape index (κ2) is 5.42. The molecule has 0 amide bonds. The van der Waals surface area contributed by atoms with E-state index in [1.165, 1.54) is 19.3 Å². The third-order valence-corrected chi connectivity index (χ3v) is 3.74. The lowest BCUT2D eigenvalue weighted by atomic mass is 9.88. The molecule has 1 aliphatic rings. The number of hydrogen-bond acceptors (Lipinski definition) is 2. The second-order valence-corrected chi connectivity index (χ2v) is 5.33. The van der Waals surface area contributed by atoms with Gasteiger partial charge in [-0.05, 0) is 49.8 Å². The topological polar surface area (TPSA) is 59.1 Å². The highest BCUT2D eigenvalue weighted by Gasteiger charge is 2.24. The average Bonchev–Trinajstić information content (AvgIpc) is 2.32. The van der Waals surface area contributed by atoms with Crippen molar-refractivity contribution in [1.82, 2.24) is 0 Å². The van der Waals surface area contributed by atoms with Crippen molar-refractivity contribution in [3.63, 3.8) is 0 Å². The molecule has 3 N–H and O–H groups in total. The molecule has 3 nitrogen and oxygen atoms in total. The number of amidine groups is 1. The number of rotatable bonds is 3. The van der Waals surface area contributed by atoms with E-state index in [1.807, 2.05) is 25.1 Å². The van der Waals surface area contributed by atoms with Gasteiger partial charge in [0.1, 0.15) is 17.7 Å². The highest BCUT2D eigenvalue weighted by atomic mass is 16.5. The standard InChI is InChI=1S/C15H22N2O/c1-10-7-8-12(15(16)17)14(9-10)18-13-6-4-3-5-11(13)2/h7-9,11,13H,3-6H2,1-2H3,(H3,16,17). The zero-order chi connectivity index (χ0) is 13.1. The van der Waals surface area contributed by atoms with Crippen LogP contribution in [0.4, 0.5) is 0 Å². The van der Waals surface area contributed by atoms with E-state index in [0.717, 1.165) is 17.7 Å². The van der Waals surface area contributed by atoms with Crippen molar-refractivity contribution in [3.8, 4) is 5.75 Å². The Labute approximate surface area is 109 Å². The number of nitrogen functional groups attached to an aromatic ring is 1. The molecule has 0 saturated heterocycles. The number of ether oxygens (including phenoxy) is 1. The van der Waals surface area contributed by atoms with Crippen LogP contribution in [0.25, 0.3) is 0 Å². The molecule has 1 fully saturated rings. The monoisotopic (exact) mass is 246 g/mol. The summed E-state index contributed by atoms with van der Waals surface area (Å²) in [6, 6.07) is 5.83. The molecule has 1 saturated carbocycles. The third kappa shape index (κ3) is 2.84. The smallest absolute Gasteiger partial charge is 0.130 e. The maximum absolute atomic E-state index is 7.61. The van der Waals surface area contributed by atoms with Crippen LogP contribution in [0.5, 0.6) is 5.75 Å². The fraction of sp³-hybridized carbons (Fsp3) is 0.533. The zero-order valence-corrected chi connectivity index (χ0v) is 11.2. The van der Waals surface area contributed by atoms with Gasteiger partial charge in [0.2, 0.25) is 0 Å². The molecule has 2 rings (SSSR count). The molecule has 98 valence electrons. The zero-order valence-electron chi connectivity index (χ0n) is 11.2. The predicted molar refractivity (Wildman–Crippen MR) is 74.2 cm³/mol. The van der Waals surface area contributed by atoms with Crippen molar-refractivity contribution in [2.45, 2.75) is 45.6 Å². The van der Waals surface area contributed by atoms with Gasteiger partial charge < -0.3 is 10.5 Å². The summed E-state index contributed by atoms with van der Waals surface area (Å²) in [6.45, 7) is 4.27. The molecule has 1 aromatic carbocycles. The van der Waals surface area contributed by atoms with Crippen molar-refractivity contribution in [3.05, 3.63) is 29.3 Å². The van der Waals surface area contributed by atoms with Gasteiger partial charge in [0.25, 0.3) is 0 Å². The molecule has 0 bridgehead atoms. The van der Waals surface area contributed by atoms with Crippen molar-refractivity contribution < 1.29 is 4.74 Å². The lowest BCUT2D eigenvalue weighted by Crippen LogP contribution is -2.29. The van der Waals surface area contributed by atoms with Crippen molar-refractivity contribution in [2.24, 2.45) is 11.7 Å². The summed E-state index contributed by atoms with van der Waals surface area (Å²) in [7, 11) is 0. The van der Waals surface area contributed by atoms with E-state index in [2.05, 4.69) is 6.92 Å². The van der Waals surface area contributed by atoms with Gasteiger partial charge in [-0.2, -0.15) is 0 Å². The fourth-order valence-corrected chi connectivity index (χ4v) is 2.57. The van der Waals surface area contributed by atoms with E-state index < -0.39 is 0 Å². The Morgan fingerprint density at radius 2 is 2.06 bits per heavy atom. The molecule has 0 aromatic heterocycles. The van der Waals surface area contributed by atoms with Gasteiger partial charge >= 0.3 is 0 Å². The van der Waals surface area contributed by atoms with Gasteiger partial charge in [-0.3, -0.25) is 5.41 Å². The van der Waals surface area contributed by atoms with E-state index in [-0.39, 0.29) is 11.9 Å². The Bertz CT molecular complexity index is 442. The van der Waals surface area contributed by atoms with Crippen LogP contribution in [0.15, 0.2) is 18.2 Å². The number of aryl methyl sites for hydroxylation is 1. The first-order valence-corrected chi connectivity index (χ1v) is 6.69. The van der Waals surface area contributed by atoms with Gasteiger partial charge in [-0.15, -0.1) is 0 Å². The first-order chi connectivity index (χ1) is 8.58. The average molecular weight is 246 g/mol. The van der Waals surface area contributed by atoms with E-state index in [0.29, 0.717) is 11.5 Å². The molecule has 1 aromatic rings. The van der Waals surface area contributed by atoms with E-state index in [4.69, 9.17) is 15.9 Å². The van der Waals surface area contributed by atoms with E-state index >= 15 is 0 Å². The summed E-state index contributed by atoms with van der Waals surface area (Å²) < 4.78 is 6.12. The van der Waals surface area contributed by atoms with Crippen molar-refractivity contribution in [2.75, 3.05) is 0 Å². The molecule has 18 heavy (non-hydrogen) atoms. The normalized spacial score (nSPS) is 23.7. The molecular formula is C15H22N2O. The van der Waals surface area contributed by atoms with Gasteiger partial charge in [-0.25, -0.2) is 0 Å². The number of benzene rings is 1. The first-order valence-electron chi connectivity index (χ1n) is 6.69. The maximum atomic E-state index is 7.61. The van der Waals surface area contributed by atoms with Crippen LogP contribution < -0.4 is 10.5 Å². The summed E-state index contributed by atoms with van der Waals surface area (Å²) in [5.41, 5.74) is 7.45. The van der Waals surface area contributed by atoms with E-state index in [9.17, 15) is 0 Å². The Balaban J connectivity index is 2.21. The summed E-state index contributed by atoms with van der Waals surface area (Å²) in [5.74, 6) is 1.42. The van der Waals surface area contributed by atoms with Gasteiger partial charge in [-0.1, -0.05) is 19.4 Å². The Morgan fingerprint density at radius 3 is 2.72 bits per heavy atom. The number of hydrogen-bond donors (Lipinski definition) is 2. The van der Waals surface area contributed by atoms with Crippen LogP contribution in [0.2, 0.25) is 0 Å². The summed E-state index contributed by atoms with van der Waals surface area (Å²) in [5, 5.41) is 7.61. The van der Waals surface area contributed by atoms with Crippen molar-refractivity contribution >= 4 is 5.84 Å². The van der Waals surface area contributed by atoms with Crippen LogP contribution in [0.3, 0.4) is 0 Å². The summed E-state index contributed by atoms with van der Waals surface area (Å²) >= 11 is 0. The number of nitrogens with two attached hydrogens (primary N) is 1. The van der Waals surface area contributed by atoms with Crippen LogP contribution >= 0.6 is 0 Å². The lowest BCUT2D eigenvalue weighted by molar-refractivity contribution is 0.102. The molecule has 0 radical (unpaired) electrons. The van der Waals surface area contributed by atoms with Gasteiger partial charge in [0, 0.05) is 0 Å². The predicted octanol–water partition coefficient (Wildman–Crippen LogP) is 3.24. The second-order valence-electron chi connectivity index (χ2n) is 5.33. The minimum Gasteiger partial charge on any atom is -0.489 e. The quantitative estimate of drug-likeness (QED) is 0.635. The Kier molecular flexibility index (Phi) is 3.90. The molecule has 0 heterocycles. The molecule has 0 spiro atoms. The minimum atomic E-state index is 0.0773. The van der Waals surface area contributed by atoms with Gasteiger partial charge in [0.05, 0.1) is 5.56 Å². The molecule has 1 aliphatic carbocycles. The maximum Gasteiger partial charge on any atom is 0.130 e. The molecule has 2 atom stereocenters. The van der Waals surface area contributed by atoms with Crippen LogP contribution in [0.1, 0.15) is 43.7 Å². The molecule has 0 aliphatic heterocycles. The van der Waals surface area contributed by atoms with E-state index in [1.54, 1.807) is 0 Å². The Morgan fingerprint density at radius 1 is 1.33 bits per heavy atom. The number of nitrogens with one attached hydrogen (secondary N) is 1. The fourth-order valence-electron chi connectivity index (χ4n) is 2.57. The van der Waals surface area contributed by atoms with Crippen LogP contribution in [-0.4, -0.2) is 11.9 Å². The lowest BCUT2D eigenvalue weighted by Gasteiger charge is -2.30. The minimum absolute atomic E-state index is 0.0773. The van der Waals surface area contributed by atoms with Crippen LogP contribution in [-0.2, 0) is 0 Å². The molecule has 2 unspecified atom stereocenters. The third-order valence-electron chi connectivity index (χ3n) is 3.74. The summed E-state index contributed by atoms with van der Waals surface area (Å²) in [4.78, 5) is 0. The molecular weight excluding hydrogens is 224 g/mol. The highest BCUT2D eigenvalue weighted by molar-refractivity contribution is 5.97. The Hall–Kier alpha value is -1.51. The molecule has 3 heteroatoms. The van der Waals surface area contributed by atoms with Gasteiger partial charge in [0.15, 0.2) is 0 Å². The summed E-state index contributed by atoms with van der Waals surface area (Å²) in [6.07, 6.45) is 5.13. The first kappa shape index (κ1) is 12.9. The largest absolute Gasteiger partial charge is 0.489 e. The highest BCUT2D eigenvalue weighted by Crippen LogP contribution is 2.30. The van der Waals surface area contributed by atoms with Crippen LogP contribution in [0, 0.1) is 18.3 Å².